The largest absolute Gasteiger partial charge is 0.386 e. The van der Waals surface area contributed by atoms with Crippen LogP contribution < -0.4 is 10.6 Å². The summed E-state index contributed by atoms with van der Waals surface area (Å²) in [7, 11) is 0. The highest BCUT2D eigenvalue weighted by molar-refractivity contribution is 5.90. The van der Waals surface area contributed by atoms with E-state index >= 15 is 0 Å². The van der Waals surface area contributed by atoms with Gasteiger partial charge in [0, 0.05) is 108 Å². The molecule has 6 nitrogen and oxygen atoms in total. The monoisotopic (exact) mass is 786 g/mol. The SMILES string of the molecule is CC1C=CC(c2cccc(C3=CNCC(c4cc(-c5cncc(-c6cccc(-c7cccnc7)c6)c5)cc(-c5cncc(-c6cccc(-c7cccnc7)c6)c5)c4)=C3)c2)=CN1. The Morgan fingerprint density at radius 3 is 1.36 bits per heavy atom. The molecule has 61 heavy (non-hydrogen) atoms. The Hall–Kier alpha value is -7.96. The van der Waals surface area contributed by atoms with E-state index in [0.29, 0.717) is 12.6 Å². The third-order valence-electron chi connectivity index (χ3n) is 11.3. The second-order valence-corrected chi connectivity index (χ2v) is 15.5. The van der Waals surface area contributed by atoms with E-state index < -0.39 is 0 Å². The summed E-state index contributed by atoms with van der Waals surface area (Å²) in [5.74, 6) is 0. The molecule has 1 atom stereocenters. The van der Waals surface area contributed by atoms with Crippen molar-refractivity contribution in [2.24, 2.45) is 0 Å². The quantitative estimate of drug-likeness (QED) is 0.152. The first-order valence-corrected chi connectivity index (χ1v) is 20.6. The van der Waals surface area contributed by atoms with Gasteiger partial charge in [0.2, 0.25) is 0 Å². The average Bonchev–Trinajstić information content (AvgIpc) is 3.35. The Morgan fingerprint density at radius 2 is 0.836 bits per heavy atom. The van der Waals surface area contributed by atoms with Crippen molar-refractivity contribution in [1.29, 1.82) is 0 Å². The molecular weight excluding hydrogens is 745 g/mol. The van der Waals surface area contributed by atoms with E-state index in [0.717, 1.165) is 83.5 Å². The van der Waals surface area contributed by atoms with Crippen molar-refractivity contribution in [3.8, 4) is 66.8 Å². The molecule has 0 aliphatic carbocycles. The van der Waals surface area contributed by atoms with Gasteiger partial charge in [0.25, 0.3) is 0 Å². The predicted octanol–water partition coefficient (Wildman–Crippen LogP) is 12.2. The van der Waals surface area contributed by atoms with Crippen molar-refractivity contribution in [2.75, 3.05) is 6.54 Å². The first-order valence-electron chi connectivity index (χ1n) is 20.6. The summed E-state index contributed by atoms with van der Waals surface area (Å²) < 4.78 is 0. The summed E-state index contributed by atoms with van der Waals surface area (Å²) in [6.45, 7) is 2.85. The molecule has 0 bridgehead atoms. The van der Waals surface area contributed by atoms with Crippen LogP contribution in [0.3, 0.4) is 0 Å². The number of pyridine rings is 4. The van der Waals surface area contributed by atoms with Crippen LogP contribution in [0.2, 0.25) is 0 Å². The number of nitrogens with one attached hydrogen (secondary N) is 2. The topological polar surface area (TPSA) is 75.6 Å². The van der Waals surface area contributed by atoms with Crippen molar-refractivity contribution < 1.29 is 0 Å². The van der Waals surface area contributed by atoms with Gasteiger partial charge in [-0.05, 0) is 140 Å². The van der Waals surface area contributed by atoms with E-state index in [1.807, 2.05) is 49.3 Å². The zero-order valence-electron chi connectivity index (χ0n) is 33.7. The molecule has 6 heteroatoms. The number of allylic oxidation sites excluding steroid dienone is 4. The lowest BCUT2D eigenvalue weighted by Gasteiger charge is -2.19. The number of rotatable bonds is 9. The molecule has 0 saturated heterocycles. The normalized spacial score (nSPS) is 14.6. The number of hydrogen-bond donors (Lipinski definition) is 2. The molecule has 2 aliphatic rings. The van der Waals surface area contributed by atoms with Crippen LogP contribution in [0.1, 0.15) is 23.6 Å². The summed E-state index contributed by atoms with van der Waals surface area (Å²) in [5, 5.41) is 7.04. The smallest absolute Gasteiger partial charge is 0.0414 e. The average molecular weight is 787 g/mol. The van der Waals surface area contributed by atoms with Crippen LogP contribution in [0, 0.1) is 0 Å². The third-order valence-corrected chi connectivity index (χ3v) is 11.3. The van der Waals surface area contributed by atoms with Crippen LogP contribution in [0.15, 0.2) is 208 Å². The van der Waals surface area contributed by atoms with Crippen molar-refractivity contribution in [3.05, 3.63) is 224 Å². The van der Waals surface area contributed by atoms with Gasteiger partial charge >= 0.3 is 0 Å². The fourth-order valence-corrected chi connectivity index (χ4v) is 8.02. The number of hydrogen-bond acceptors (Lipinski definition) is 6. The Kier molecular flexibility index (Phi) is 10.2. The molecule has 1 unspecified atom stereocenters. The Labute approximate surface area is 356 Å². The van der Waals surface area contributed by atoms with Crippen molar-refractivity contribution in [1.82, 2.24) is 30.6 Å². The highest BCUT2D eigenvalue weighted by Gasteiger charge is 2.16. The second kappa shape index (κ2) is 16.7. The van der Waals surface area contributed by atoms with Gasteiger partial charge in [-0.3, -0.25) is 19.9 Å². The summed E-state index contributed by atoms with van der Waals surface area (Å²) in [6, 6.07) is 45.7. The maximum Gasteiger partial charge on any atom is 0.0414 e. The first-order chi connectivity index (χ1) is 30.1. The lowest BCUT2D eigenvalue weighted by Crippen LogP contribution is -2.20. The molecule has 2 N–H and O–H groups in total. The first kappa shape index (κ1) is 37.3. The summed E-state index contributed by atoms with van der Waals surface area (Å²) in [5.41, 5.74) is 19.8. The van der Waals surface area contributed by atoms with Crippen LogP contribution >= 0.6 is 0 Å². The van der Waals surface area contributed by atoms with Gasteiger partial charge in [-0.15, -0.1) is 0 Å². The van der Waals surface area contributed by atoms with Crippen LogP contribution in [0.4, 0.5) is 0 Å². The highest BCUT2D eigenvalue weighted by Crippen LogP contribution is 2.37. The van der Waals surface area contributed by atoms with Gasteiger partial charge < -0.3 is 10.6 Å². The lowest BCUT2D eigenvalue weighted by atomic mass is 9.90. The zero-order valence-corrected chi connectivity index (χ0v) is 33.7. The van der Waals surface area contributed by atoms with Crippen molar-refractivity contribution >= 4 is 16.7 Å². The molecule has 0 spiro atoms. The minimum atomic E-state index is 0.326. The van der Waals surface area contributed by atoms with E-state index in [1.165, 1.54) is 16.7 Å². The molecule has 4 aromatic carbocycles. The van der Waals surface area contributed by atoms with Gasteiger partial charge in [0.15, 0.2) is 0 Å². The maximum absolute atomic E-state index is 4.79. The molecule has 6 heterocycles. The van der Waals surface area contributed by atoms with Gasteiger partial charge in [-0.25, -0.2) is 0 Å². The van der Waals surface area contributed by atoms with Crippen LogP contribution in [0.25, 0.3) is 83.5 Å². The van der Waals surface area contributed by atoms with E-state index in [2.05, 4.69) is 173 Å². The van der Waals surface area contributed by atoms with Crippen LogP contribution in [0.5, 0.6) is 0 Å². The molecule has 0 amide bonds. The summed E-state index contributed by atoms with van der Waals surface area (Å²) >= 11 is 0. The fourth-order valence-electron chi connectivity index (χ4n) is 8.02. The predicted molar refractivity (Wildman–Crippen MR) is 250 cm³/mol. The Morgan fingerprint density at radius 1 is 0.410 bits per heavy atom. The van der Waals surface area contributed by atoms with Crippen LogP contribution in [-0.4, -0.2) is 32.5 Å². The van der Waals surface area contributed by atoms with E-state index in [9.17, 15) is 0 Å². The molecule has 0 fully saturated rings. The number of benzene rings is 4. The van der Waals surface area contributed by atoms with Crippen molar-refractivity contribution in [2.45, 2.75) is 13.0 Å². The van der Waals surface area contributed by atoms with Gasteiger partial charge in [0.1, 0.15) is 0 Å². The molecular formula is C55H42N6. The number of aromatic nitrogens is 4. The summed E-state index contributed by atoms with van der Waals surface area (Å²) in [4.78, 5) is 18.3. The third kappa shape index (κ3) is 8.20. The van der Waals surface area contributed by atoms with E-state index in [1.54, 1.807) is 12.4 Å². The van der Waals surface area contributed by atoms with E-state index in [-0.39, 0.29) is 0 Å². The lowest BCUT2D eigenvalue weighted by molar-refractivity contribution is 0.764. The van der Waals surface area contributed by atoms with Gasteiger partial charge in [-0.2, -0.15) is 0 Å². The molecule has 10 rings (SSSR count). The van der Waals surface area contributed by atoms with Crippen LogP contribution in [-0.2, 0) is 0 Å². The fraction of sp³-hybridized carbons (Fsp3) is 0.0545. The van der Waals surface area contributed by atoms with Gasteiger partial charge in [0.05, 0.1) is 0 Å². The minimum absolute atomic E-state index is 0.326. The molecule has 2 aliphatic heterocycles. The minimum Gasteiger partial charge on any atom is -0.386 e. The zero-order chi connectivity index (χ0) is 41.0. The Bertz CT molecular complexity index is 2870. The molecule has 0 radical (unpaired) electrons. The van der Waals surface area contributed by atoms with Gasteiger partial charge in [-0.1, -0.05) is 78.9 Å². The Balaban J connectivity index is 1.05. The van der Waals surface area contributed by atoms with E-state index in [4.69, 9.17) is 9.97 Å². The summed E-state index contributed by atoms with van der Waals surface area (Å²) in [6.07, 6.45) is 26.2. The second-order valence-electron chi connectivity index (χ2n) is 15.5. The molecule has 0 saturated carbocycles. The maximum atomic E-state index is 4.79. The molecule has 8 aromatic rings. The number of dihydropyridines is 2. The number of nitrogens with zero attached hydrogens (tertiary/aromatic N) is 4. The molecule has 4 aromatic heterocycles. The standard InChI is InChI=1S/C55H42N6/c1-37-15-16-46(36-61-37)40-9-4-12-43(21-40)52-27-55(35-60-32-52)49-23-47(53-25-50(30-58-33-53)41-10-2-7-38(19-41)44-13-5-17-56-28-44)22-48(24-49)54-26-51(31-59-34-54)42-11-3-8-39(20-42)45-14-6-18-57-29-45/h2-34,36-37,60-61H,35H2,1H3. The van der Waals surface area contributed by atoms with Crippen molar-refractivity contribution in [3.63, 3.8) is 0 Å². The highest BCUT2D eigenvalue weighted by atomic mass is 14.9. The molecule has 292 valence electrons.